The molecule has 0 spiro atoms. The van der Waals surface area contributed by atoms with Crippen molar-refractivity contribution in [1.82, 2.24) is 10.1 Å². The average molecular weight is 398 g/mol. The van der Waals surface area contributed by atoms with Crippen molar-refractivity contribution < 1.29 is 18.8 Å². The van der Waals surface area contributed by atoms with Gasteiger partial charge in [-0.2, -0.15) is 0 Å². The molecule has 0 aliphatic carbocycles. The number of aromatic nitrogens is 1. The molecule has 3 heterocycles. The number of methoxy groups -OCH3 is 2. The minimum atomic E-state index is -0.190. The number of fused-ring (bicyclic) bond motifs is 1. The molecule has 0 saturated carbocycles. The van der Waals surface area contributed by atoms with Crippen molar-refractivity contribution in [3.63, 3.8) is 0 Å². The molecule has 6 nitrogen and oxygen atoms in total. The zero-order valence-electron chi connectivity index (χ0n) is 16.3. The van der Waals surface area contributed by atoms with Crippen molar-refractivity contribution in [1.29, 1.82) is 0 Å². The van der Waals surface area contributed by atoms with E-state index in [9.17, 15) is 4.79 Å². The highest BCUT2D eigenvalue weighted by atomic mass is 32.1. The van der Waals surface area contributed by atoms with Crippen molar-refractivity contribution in [2.75, 3.05) is 20.8 Å². The van der Waals surface area contributed by atoms with E-state index < -0.39 is 0 Å². The number of nitrogens with zero attached hydrogens (tertiary/aromatic N) is 2. The molecule has 1 unspecified atom stereocenters. The average Bonchev–Trinajstić information content (AvgIpc) is 3.35. The first-order valence-electron chi connectivity index (χ1n) is 9.07. The van der Waals surface area contributed by atoms with Gasteiger partial charge in [-0.3, -0.25) is 4.79 Å². The first-order valence-corrected chi connectivity index (χ1v) is 9.95. The third-order valence-corrected chi connectivity index (χ3v) is 6.12. The minimum absolute atomic E-state index is 0.0601. The van der Waals surface area contributed by atoms with Gasteiger partial charge in [-0.25, -0.2) is 0 Å². The molecular formula is C21H22N2O4S. The zero-order chi connectivity index (χ0) is 19.8. The summed E-state index contributed by atoms with van der Waals surface area (Å²) >= 11 is 1.64. The SMILES string of the molecule is COc1cc2c(cc1OC)C(c1cccs1)N(C(=O)c1c(C)noc1C)CC2. The third kappa shape index (κ3) is 2.96. The summed E-state index contributed by atoms with van der Waals surface area (Å²) in [5.74, 6) is 1.85. The highest BCUT2D eigenvalue weighted by Crippen LogP contribution is 2.42. The van der Waals surface area contributed by atoms with Gasteiger partial charge >= 0.3 is 0 Å². The van der Waals surface area contributed by atoms with Gasteiger partial charge in [-0.05, 0) is 55.0 Å². The van der Waals surface area contributed by atoms with E-state index in [-0.39, 0.29) is 11.9 Å². The predicted molar refractivity (Wildman–Crippen MR) is 106 cm³/mol. The van der Waals surface area contributed by atoms with Gasteiger partial charge in [0.2, 0.25) is 0 Å². The number of ether oxygens (including phenoxy) is 2. The van der Waals surface area contributed by atoms with Crippen LogP contribution in [-0.4, -0.2) is 36.7 Å². The number of hydrogen-bond acceptors (Lipinski definition) is 6. The van der Waals surface area contributed by atoms with E-state index in [4.69, 9.17) is 14.0 Å². The first-order chi connectivity index (χ1) is 13.5. The summed E-state index contributed by atoms with van der Waals surface area (Å²) < 4.78 is 16.2. The Morgan fingerprint density at radius 2 is 2.00 bits per heavy atom. The number of carbonyl (C=O) groups is 1. The van der Waals surface area contributed by atoms with Crippen molar-refractivity contribution in [3.8, 4) is 11.5 Å². The lowest BCUT2D eigenvalue weighted by Gasteiger charge is -2.37. The van der Waals surface area contributed by atoms with Gasteiger partial charge in [0.05, 0.1) is 26.0 Å². The zero-order valence-corrected chi connectivity index (χ0v) is 17.1. The molecule has 0 N–H and O–H groups in total. The van der Waals surface area contributed by atoms with Crippen LogP contribution in [0.1, 0.15) is 43.9 Å². The highest BCUT2D eigenvalue weighted by Gasteiger charge is 2.36. The van der Waals surface area contributed by atoms with E-state index in [0.717, 1.165) is 16.9 Å². The Kier molecular flexibility index (Phi) is 4.85. The van der Waals surface area contributed by atoms with Gasteiger partial charge in [-0.15, -0.1) is 11.3 Å². The first kappa shape index (κ1) is 18.6. The van der Waals surface area contributed by atoms with Crippen LogP contribution < -0.4 is 9.47 Å². The smallest absolute Gasteiger partial charge is 0.260 e. The maximum atomic E-state index is 13.5. The van der Waals surface area contributed by atoms with E-state index in [1.165, 1.54) is 5.56 Å². The number of thiophene rings is 1. The maximum Gasteiger partial charge on any atom is 0.260 e. The molecular weight excluding hydrogens is 376 g/mol. The lowest BCUT2D eigenvalue weighted by Crippen LogP contribution is -2.40. The second-order valence-electron chi connectivity index (χ2n) is 6.77. The van der Waals surface area contributed by atoms with Gasteiger partial charge in [0.25, 0.3) is 5.91 Å². The molecule has 4 rings (SSSR count). The van der Waals surface area contributed by atoms with Gasteiger partial charge in [-0.1, -0.05) is 11.2 Å². The van der Waals surface area contributed by atoms with Gasteiger partial charge in [0.1, 0.15) is 11.3 Å². The Bertz CT molecular complexity index is 990. The van der Waals surface area contributed by atoms with E-state index in [0.29, 0.717) is 35.1 Å². The predicted octanol–water partition coefficient (Wildman–Crippen LogP) is 4.16. The lowest BCUT2D eigenvalue weighted by molar-refractivity contribution is 0.0694. The quantitative estimate of drug-likeness (QED) is 0.660. The number of hydrogen-bond donors (Lipinski definition) is 0. The molecule has 0 fully saturated rings. The second-order valence-corrected chi connectivity index (χ2v) is 7.75. The molecule has 0 radical (unpaired) electrons. The summed E-state index contributed by atoms with van der Waals surface area (Å²) in [5, 5.41) is 5.99. The largest absolute Gasteiger partial charge is 0.493 e. The van der Waals surface area contributed by atoms with Crippen molar-refractivity contribution in [3.05, 3.63) is 62.7 Å². The fraction of sp³-hybridized carbons (Fsp3) is 0.333. The van der Waals surface area contributed by atoms with E-state index >= 15 is 0 Å². The van der Waals surface area contributed by atoms with Crippen LogP contribution in [-0.2, 0) is 6.42 Å². The van der Waals surface area contributed by atoms with Crippen molar-refractivity contribution >= 4 is 17.2 Å². The molecule has 1 aliphatic rings. The monoisotopic (exact) mass is 398 g/mol. The van der Waals surface area contributed by atoms with Gasteiger partial charge < -0.3 is 18.9 Å². The number of rotatable bonds is 4. The molecule has 1 aliphatic heterocycles. The van der Waals surface area contributed by atoms with Gasteiger partial charge in [0, 0.05) is 11.4 Å². The van der Waals surface area contributed by atoms with Crippen LogP contribution in [0, 0.1) is 13.8 Å². The molecule has 0 bridgehead atoms. The highest BCUT2D eigenvalue weighted by molar-refractivity contribution is 7.10. The number of benzene rings is 1. The fourth-order valence-electron chi connectivity index (χ4n) is 3.85. The molecule has 2 aromatic heterocycles. The molecule has 1 amide bonds. The van der Waals surface area contributed by atoms with Crippen molar-refractivity contribution in [2.24, 2.45) is 0 Å². The number of aryl methyl sites for hydroxylation is 2. The Hall–Kier alpha value is -2.80. The summed E-state index contributed by atoms with van der Waals surface area (Å²) in [7, 11) is 3.26. The Balaban J connectivity index is 1.85. The van der Waals surface area contributed by atoms with Crippen LogP contribution in [0.25, 0.3) is 0 Å². The standard InChI is InChI=1S/C21H22N2O4S/c1-12-19(13(2)27-22-12)21(24)23-8-7-14-10-16(25-3)17(26-4)11-15(14)20(23)18-6-5-9-28-18/h5-6,9-11,20H,7-8H2,1-4H3. The Morgan fingerprint density at radius 1 is 1.25 bits per heavy atom. The minimum Gasteiger partial charge on any atom is -0.493 e. The summed E-state index contributed by atoms with van der Waals surface area (Å²) in [6.07, 6.45) is 0.743. The van der Waals surface area contributed by atoms with Crippen molar-refractivity contribution in [2.45, 2.75) is 26.3 Å². The van der Waals surface area contributed by atoms with Crippen LogP contribution in [0.5, 0.6) is 11.5 Å². The topological polar surface area (TPSA) is 64.8 Å². The summed E-state index contributed by atoms with van der Waals surface area (Å²) in [4.78, 5) is 16.5. The van der Waals surface area contributed by atoms with E-state index in [1.54, 1.807) is 39.4 Å². The molecule has 28 heavy (non-hydrogen) atoms. The summed E-state index contributed by atoms with van der Waals surface area (Å²) in [6.45, 7) is 4.18. The van der Waals surface area contributed by atoms with E-state index in [1.807, 2.05) is 28.5 Å². The number of carbonyl (C=O) groups excluding carboxylic acids is 1. The number of amides is 1. The Morgan fingerprint density at radius 3 is 2.61 bits per heavy atom. The Labute approximate surface area is 167 Å². The van der Waals surface area contributed by atoms with Crippen LogP contribution in [0.15, 0.2) is 34.2 Å². The normalized spacial score (nSPS) is 16.0. The molecule has 1 atom stereocenters. The molecule has 3 aromatic rings. The fourth-order valence-corrected chi connectivity index (χ4v) is 4.70. The van der Waals surface area contributed by atoms with Crippen LogP contribution >= 0.6 is 11.3 Å². The maximum absolute atomic E-state index is 13.5. The summed E-state index contributed by atoms with van der Waals surface area (Å²) in [5.41, 5.74) is 3.39. The third-order valence-electron chi connectivity index (χ3n) is 5.19. The second kappa shape index (κ2) is 7.31. The van der Waals surface area contributed by atoms with Gasteiger partial charge in [0.15, 0.2) is 11.5 Å². The molecule has 0 saturated heterocycles. The molecule has 146 valence electrons. The van der Waals surface area contributed by atoms with Crippen LogP contribution in [0.3, 0.4) is 0 Å². The summed E-state index contributed by atoms with van der Waals surface area (Å²) in [6, 6.07) is 7.89. The van der Waals surface area contributed by atoms with Crippen LogP contribution in [0.4, 0.5) is 0 Å². The molecule has 1 aromatic carbocycles. The lowest BCUT2D eigenvalue weighted by atomic mass is 9.90. The van der Waals surface area contributed by atoms with E-state index in [2.05, 4.69) is 11.2 Å². The molecule has 7 heteroatoms. The van der Waals surface area contributed by atoms with Crippen LogP contribution in [0.2, 0.25) is 0 Å².